The molecule has 2 rings (SSSR count). The van der Waals surface area contributed by atoms with Gasteiger partial charge in [-0.15, -0.1) is 0 Å². The summed E-state index contributed by atoms with van der Waals surface area (Å²) in [6, 6.07) is 0. The number of rotatable bonds is 8. The summed E-state index contributed by atoms with van der Waals surface area (Å²) in [6.45, 7) is 2.03. The van der Waals surface area contributed by atoms with Crippen LogP contribution in [0.2, 0.25) is 0 Å². The number of hydrogen-bond acceptors (Lipinski definition) is 8. The summed E-state index contributed by atoms with van der Waals surface area (Å²) in [4.78, 5) is 26.5. The van der Waals surface area contributed by atoms with E-state index in [2.05, 4.69) is 19.5 Å². The molecule has 0 spiro atoms. The van der Waals surface area contributed by atoms with Gasteiger partial charge in [-0.05, 0) is 6.92 Å². The van der Waals surface area contributed by atoms with E-state index in [0.29, 0.717) is 11.2 Å². The third kappa shape index (κ3) is 4.11. The Morgan fingerprint density at radius 2 is 2.19 bits per heavy atom. The summed E-state index contributed by atoms with van der Waals surface area (Å²) < 4.78 is 22.4. The molecule has 0 amide bonds. The van der Waals surface area contributed by atoms with Crippen molar-refractivity contribution in [2.75, 3.05) is 31.9 Å². The highest BCUT2D eigenvalue weighted by molar-refractivity contribution is 7.52. The number of hydrogen-bond donors (Lipinski definition) is 2. The van der Waals surface area contributed by atoms with Gasteiger partial charge in [0.2, 0.25) is 5.65 Å². The Bertz CT molecular complexity index is 648. The second kappa shape index (κ2) is 6.81. The normalized spacial score (nSPS) is 14.2. The van der Waals surface area contributed by atoms with Crippen LogP contribution in [0.5, 0.6) is 0 Å². The zero-order chi connectivity index (χ0) is 15.3. The predicted molar refractivity (Wildman–Crippen MR) is 73.5 cm³/mol. The first-order valence-corrected chi connectivity index (χ1v) is 7.90. The van der Waals surface area contributed by atoms with Crippen LogP contribution in [0, 0.1) is 0 Å². The van der Waals surface area contributed by atoms with Gasteiger partial charge in [0.15, 0.2) is 11.3 Å². The van der Waals surface area contributed by atoms with Crippen molar-refractivity contribution >= 4 is 24.6 Å². The molecule has 0 aliphatic heterocycles. The molecule has 11 heteroatoms. The highest BCUT2D eigenvalue weighted by Gasteiger charge is 2.18. The summed E-state index contributed by atoms with van der Waals surface area (Å²) in [5, 5.41) is 0. The highest BCUT2D eigenvalue weighted by Crippen LogP contribution is 2.41. The first-order valence-electron chi connectivity index (χ1n) is 6.14. The van der Waals surface area contributed by atoms with Gasteiger partial charge in [-0.25, -0.2) is 15.0 Å². The lowest BCUT2D eigenvalue weighted by Crippen LogP contribution is -2.17. The third-order valence-corrected chi connectivity index (χ3v) is 3.55. The molecule has 0 fully saturated rings. The summed E-state index contributed by atoms with van der Waals surface area (Å²) in [5.41, 5.74) is 6.52. The molecule has 0 aliphatic carbocycles. The van der Waals surface area contributed by atoms with Gasteiger partial charge in [0.1, 0.15) is 25.6 Å². The van der Waals surface area contributed by atoms with E-state index in [1.165, 1.54) is 17.4 Å². The van der Waals surface area contributed by atoms with Crippen molar-refractivity contribution < 1.29 is 23.6 Å². The number of ether oxygens (including phenoxy) is 1. The molecule has 3 N–H and O–H groups in total. The molecule has 10 nitrogen and oxygen atoms in total. The fourth-order valence-corrected chi connectivity index (χ4v) is 2.38. The Kier molecular flexibility index (Phi) is 5.07. The minimum absolute atomic E-state index is 0.109. The van der Waals surface area contributed by atoms with Crippen LogP contribution in [-0.2, 0) is 13.8 Å². The first kappa shape index (κ1) is 15.6. The van der Waals surface area contributed by atoms with Crippen LogP contribution in [-0.4, -0.2) is 50.7 Å². The molecule has 0 saturated heterocycles. The molecule has 2 heterocycles. The fourth-order valence-electron chi connectivity index (χ4n) is 1.54. The smallest absolute Gasteiger partial charge is 0.353 e. The maximum atomic E-state index is 11.3. The summed E-state index contributed by atoms with van der Waals surface area (Å²) in [5.74, 6) is 0.261. The molecule has 116 valence electrons. The number of fused-ring (bicyclic) bond motifs is 1. The molecular formula is C10H16N5O5P. The van der Waals surface area contributed by atoms with E-state index in [-0.39, 0.29) is 32.0 Å². The summed E-state index contributed by atoms with van der Waals surface area (Å²) >= 11 is 0. The van der Waals surface area contributed by atoms with Gasteiger partial charge in [0, 0.05) is 0 Å². The van der Waals surface area contributed by atoms with E-state index in [1.807, 2.05) is 0 Å². The zero-order valence-corrected chi connectivity index (χ0v) is 12.3. The van der Waals surface area contributed by atoms with Crippen molar-refractivity contribution in [3.05, 3.63) is 12.7 Å². The Morgan fingerprint density at radius 1 is 1.38 bits per heavy atom. The average molecular weight is 317 g/mol. The van der Waals surface area contributed by atoms with Crippen LogP contribution in [0.15, 0.2) is 12.7 Å². The van der Waals surface area contributed by atoms with E-state index < -0.39 is 7.60 Å². The number of nitrogen functional groups attached to an aromatic ring is 1. The molecule has 0 radical (unpaired) electrons. The molecule has 0 bridgehead atoms. The van der Waals surface area contributed by atoms with Crippen molar-refractivity contribution in [3.8, 4) is 0 Å². The van der Waals surface area contributed by atoms with Gasteiger partial charge in [-0.2, -0.15) is 4.73 Å². The SMILES string of the molecule is CCOP(=O)(O)COCCOn1cnc2c(N)ncnc21. The van der Waals surface area contributed by atoms with E-state index >= 15 is 0 Å². The van der Waals surface area contributed by atoms with Gasteiger partial charge in [0.25, 0.3) is 0 Å². The second-order valence-corrected chi connectivity index (χ2v) is 5.72. The maximum Gasteiger partial charge on any atom is 0.353 e. The van der Waals surface area contributed by atoms with Crippen molar-refractivity contribution in [3.63, 3.8) is 0 Å². The number of anilines is 1. The Balaban J connectivity index is 1.81. The van der Waals surface area contributed by atoms with Crippen molar-refractivity contribution in [2.24, 2.45) is 0 Å². The number of nitrogens with zero attached hydrogens (tertiary/aromatic N) is 4. The Morgan fingerprint density at radius 3 is 2.95 bits per heavy atom. The molecule has 0 saturated carbocycles. The minimum Gasteiger partial charge on any atom is -0.408 e. The summed E-state index contributed by atoms with van der Waals surface area (Å²) in [7, 11) is -3.67. The molecule has 0 aliphatic rings. The Hall–Kier alpha value is -1.74. The van der Waals surface area contributed by atoms with Gasteiger partial charge in [-0.3, -0.25) is 4.57 Å². The lowest BCUT2D eigenvalue weighted by molar-refractivity contribution is 0.0507. The van der Waals surface area contributed by atoms with Crippen molar-refractivity contribution in [1.29, 1.82) is 0 Å². The van der Waals surface area contributed by atoms with Gasteiger partial charge >= 0.3 is 7.60 Å². The minimum atomic E-state index is -3.67. The quantitative estimate of drug-likeness (QED) is 0.510. The molecule has 0 aromatic carbocycles. The van der Waals surface area contributed by atoms with E-state index in [1.54, 1.807) is 6.92 Å². The monoisotopic (exact) mass is 317 g/mol. The van der Waals surface area contributed by atoms with E-state index in [9.17, 15) is 9.46 Å². The molecule has 2 aromatic heterocycles. The molecule has 21 heavy (non-hydrogen) atoms. The fraction of sp³-hybridized carbons (Fsp3) is 0.500. The Labute approximate surface area is 120 Å². The van der Waals surface area contributed by atoms with Crippen molar-refractivity contribution in [2.45, 2.75) is 6.92 Å². The predicted octanol–water partition coefficient (Wildman–Crippen LogP) is 0.0331. The lowest BCUT2D eigenvalue weighted by atomic mass is 10.5. The van der Waals surface area contributed by atoms with Crippen LogP contribution in [0.4, 0.5) is 5.82 Å². The van der Waals surface area contributed by atoms with Gasteiger partial charge in [-0.1, -0.05) is 0 Å². The van der Waals surface area contributed by atoms with Gasteiger partial charge in [0.05, 0.1) is 13.2 Å². The third-order valence-electron chi connectivity index (χ3n) is 2.38. The van der Waals surface area contributed by atoms with Crippen LogP contribution >= 0.6 is 7.60 Å². The number of aromatic nitrogens is 4. The van der Waals surface area contributed by atoms with E-state index in [4.69, 9.17) is 15.3 Å². The zero-order valence-electron chi connectivity index (χ0n) is 11.4. The molecular weight excluding hydrogens is 301 g/mol. The standard InChI is InChI=1S/C10H16N5O5P/c1-2-20-21(16,17)7-18-3-4-19-15-6-14-8-9(11)12-5-13-10(8)15/h5-6H,2-4,7H2,1H3,(H,16,17)(H2,11,12,13). The maximum absolute atomic E-state index is 11.3. The number of nitrogens with two attached hydrogens (primary N) is 1. The molecule has 1 unspecified atom stereocenters. The highest BCUT2D eigenvalue weighted by atomic mass is 31.2. The van der Waals surface area contributed by atoms with Crippen LogP contribution < -0.4 is 10.6 Å². The van der Waals surface area contributed by atoms with Crippen LogP contribution in [0.25, 0.3) is 11.2 Å². The van der Waals surface area contributed by atoms with Crippen LogP contribution in [0.1, 0.15) is 6.92 Å². The topological polar surface area (TPSA) is 135 Å². The van der Waals surface area contributed by atoms with Crippen LogP contribution in [0.3, 0.4) is 0 Å². The largest absolute Gasteiger partial charge is 0.408 e. The lowest BCUT2D eigenvalue weighted by Gasteiger charge is -2.11. The first-order chi connectivity index (χ1) is 10.0. The van der Waals surface area contributed by atoms with E-state index in [0.717, 1.165) is 0 Å². The number of imidazole rings is 1. The average Bonchev–Trinajstić information content (AvgIpc) is 2.83. The molecule has 1 atom stereocenters. The van der Waals surface area contributed by atoms with Crippen molar-refractivity contribution in [1.82, 2.24) is 19.7 Å². The second-order valence-electron chi connectivity index (χ2n) is 3.93. The van der Waals surface area contributed by atoms with Gasteiger partial charge < -0.3 is 24.7 Å². The molecule has 2 aromatic rings. The summed E-state index contributed by atoms with van der Waals surface area (Å²) in [6.07, 6.45) is 2.33.